The second-order valence-electron chi connectivity index (χ2n) is 8.46. The highest BCUT2D eigenvalue weighted by Gasteiger charge is 2.42. The van der Waals surface area contributed by atoms with E-state index in [-0.39, 0.29) is 23.7 Å². The Morgan fingerprint density at radius 2 is 1.81 bits per heavy atom. The molecule has 1 fully saturated rings. The number of carbonyl (C=O) groups excluding carboxylic acids is 2. The lowest BCUT2D eigenvalue weighted by Gasteiger charge is -2.22. The summed E-state index contributed by atoms with van der Waals surface area (Å²) in [5.41, 5.74) is 2.48. The maximum atomic E-state index is 13.3. The van der Waals surface area contributed by atoms with E-state index < -0.39 is 0 Å². The van der Waals surface area contributed by atoms with Crippen LogP contribution in [0, 0.1) is 18.8 Å². The number of hydrogen-bond acceptors (Lipinski definition) is 4. The zero-order valence-corrected chi connectivity index (χ0v) is 19.0. The SMILES string of the molecule is COc1cccc([C@@H]2CN(C(=O)c3ccccc3C)C[C@H]2C(=O)NCC(C)C)c1OC. The molecule has 2 amide bonds. The Hall–Kier alpha value is -3.02. The predicted molar refractivity (Wildman–Crippen MR) is 121 cm³/mol. The van der Waals surface area contributed by atoms with E-state index in [1.54, 1.807) is 19.1 Å². The number of methoxy groups -OCH3 is 2. The minimum absolute atomic E-state index is 0.0383. The van der Waals surface area contributed by atoms with Gasteiger partial charge in [-0.25, -0.2) is 0 Å². The maximum Gasteiger partial charge on any atom is 0.254 e. The number of rotatable bonds is 7. The second kappa shape index (κ2) is 9.86. The number of likely N-dealkylation sites (tertiary alicyclic amines) is 1. The molecule has 1 saturated heterocycles. The van der Waals surface area contributed by atoms with Crippen molar-refractivity contribution in [3.8, 4) is 11.5 Å². The molecule has 1 aliphatic rings. The van der Waals surface area contributed by atoms with Crippen LogP contribution in [-0.2, 0) is 4.79 Å². The Bertz CT molecular complexity index is 941. The summed E-state index contributed by atoms with van der Waals surface area (Å²) in [6.45, 7) is 7.46. The van der Waals surface area contributed by atoms with Crippen molar-refractivity contribution in [2.24, 2.45) is 11.8 Å². The zero-order valence-electron chi connectivity index (χ0n) is 19.0. The standard InChI is InChI=1S/C25H32N2O4/c1-16(2)13-26-24(28)21-15-27(25(29)18-10-7-6-9-17(18)3)14-20(21)19-11-8-12-22(30-4)23(19)31-5/h6-12,16,20-21H,13-15H2,1-5H3,(H,26,28)/t20-,21+/m0/s1. The fraction of sp³-hybridized carbons (Fsp3) is 0.440. The van der Waals surface area contributed by atoms with Crippen LogP contribution in [0.2, 0.25) is 0 Å². The van der Waals surface area contributed by atoms with Gasteiger partial charge in [-0.05, 0) is 30.5 Å². The van der Waals surface area contributed by atoms with Crippen molar-refractivity contribution in [1.82, 2.24) is 10.2 Å². The van der Waals surface area contributed by atoms with E-state index in [4.69, 9.17) is 9.47 Å². The van der Waals surface area contributed by atoms with E-state index in [2.05, 4.69) is 19.2 Å². The molecule has 2 aromatic rings. The van der Waals surface area contributed by atoms with Gasteiger partial charge in [-0.3, -0.25) is 9.59 Å². The molecule has 0 bridgehead atoms. The van der Waals surface area contributed by atoms with Gasteiger partial charge in [0, 0.05) is 36.7 Å². The van der Waals surface area contributed by atoms with Gasteiger partial charge in [-0.15, -0.1) is 0 Å². The largest absolute Gasteiger partial charge is 0.493 e. The molecule has 0 aliphatic carbocycles. The van der Waals surface area contributed by atoms with Crippen molar-refractivity contribution >= 4 is 11.8 Å². The summed E-state index contributed by atoms with van der Waals surface area (Å²) < 4.78 is 11.1. The molecule has 0 saturated carbocycles. The molecule has 0 aromatic heterocycles. The number of nitrogens with one attached hydrogen (secondary N) is 1. The van der Waals surface area contributed by atoms with Crippen molar-refractivity contribution in [3.05, 3.63) is 59.2 Å². The minimum atomic E-state index is -0.368. The van der Waals surface area contributed by atoms with E-state index in [1.807, 2.05) is 49.4 Å². The number of para-hydroxylation sites is 1. The van der Waals surface area contributed by atoms with E-state index in [0.29, 0.717) is 42.6 Å². The number of nitrogens with zero attached hydrogens (tertiary/aromatic N) is 1. The molecule has 0 spiro atoms. The van der Waals surface area contributed by atoms with Crippen LogP contribution >= 0.6 is 0 Å². The molecule has 1 aliphatic heterocycles. The number of amides is 2. The highest BCUT2D eigenvalue weighted by atomic mass is 16.5. The van der Waals surface area contributed by atoms with Crippen molar-refractivity contribution in [1.29, 1.82) is 0 Å². The molecule has 166 valence electrons. The second-order valence-corrected chi connectivity index (χ2v) is 8.46. The zero-order chi connectivity index (χ0) is 22.5. The highest BCUT2D eigenvalue weighted by molar-refractivity contribution is 5.96. The van der Waals surface area contributed by atoms with Crippen molar-refractivity contribution in [2.75, 3.05) is 33.9 Å². The third-order valence-corrected chi connectivity index (χ3v) is 5.84. The summed E-state index contributed by atoms with van der Waals surface area (Å²) in [4.78, 5) is 28.2. The van der Waals surface area contributed by atoms with Crippen LogP contribution in [0.4, 0.5) is 0 Å². The lowest BCUT2D eigenvalue weighted by Crippen LogP contribution is -2.37. The van der Waals surface area contributed by atoms with Crippen LogP contribution in [0.1, 0.15) is 41.3 Å². The normalized spacial score (nSPS) is 18.2. The third kappa shape index (κ3) is 4.84. The van der Waals surface area contributed by atoms with Gasteiger partial charge in [0.15, 0.2) is 11.5 Å². The van der Waals surface area contributed by atoms with Crippen LogP contribution in [0.15, 0.2) is 42.5 Å². The van der Waals surface area contributed by atoms with Gasteiger partial charge >= 0.3 is 0 Å². The third-order valence-electron chi connectivity index (χ3n) is 5.84. The number of hydrogen-bond donors (Lipinski definition) is 1. The number of carbonyl (C=O) groups is 2. The van der Waals surface area contributed by atoms with Crippen LogP contribution in [-0.4, -0.2) is 50.6 Å². The van der Waals surface area contributed by atoms with Crippen molar-refractivity contribution < 1.29 is 19.1 Å². The summed E-state index contributed by atoms with van der Waals surface area (Å²) in [5, 5.41) is 3.05. The van der Waals surface area contributed by atoms with Crippen LogP contribution in [0.25, 0.3) is 0 Å². The van der Waals surface area contributed by atoms with Crippen LogP contribution < -0.4 is 14.8 Å². The quantitative estimate of drug-likeness (QED) is 0.737. The molecule has 2 atom stereocenters. The minimum Gasteiger partial charge on any atom is -0.493 e. The summed E-state index contributed by atoms with van der Waals surface area (Å²) in [6, 6.07) is 13.2. The summed E-state index contributed by atoms with van der Waals surface area (Å²) in [6.07, 6.45) is 0. The van der Waals surface area contributed by atoms with E-state index >= 15 is 0 Å². The molecule has 1 N–H and O–H groups in total. The van der Waals surface area contributed by atoms with Gasteiger partial charge in [0.1, 0.15) is 0 Å². The molecule has 6 nitrogen and oxygen atoms in total. The smallest absolute Gasteiger partial charge is 0.254 e. The van der Waals surface area contributed by atoms with Gasteiger partial charge in [0.05, 0.1) is 20.1 Å². The Kier molecular flexibility index (Phi) is 7.21. The fourth-order valence-corrected chi connectivity index (χ4v) is 4.17. The summed E-state index contributed by atoms with van der Waals surface area (Å²) in [5.74, 6) is 0.928. The molecule has 6 heteroatoms. The Morgan fingerprint density at radius 3 is 2.45 bits per heavy atom. The van der Waals surface area contributed by atoms with Gasteiger partial charge < -0.3 is 19.7 Å². The first-order valence-electron chi connectivity index (χ1n) is 10.7. The molecular formula is C25H32N2O4. The molecule has 0 radical (unpaired) electrons. The Morgan fingerprint density at radius 1 is 1.06 bits per heavy atom. The van der Waals surface area contributed by atoms with Gasteiger partial charge in [0.25, 0.3) is 5.91 Å². The van der Waals surface area contributed by atoms with Crippen molar-refractivity contribution in [3.63, 3.8) is 0 Å². The number of aryl methyl sites for hydroxylation is 1. The predicted octanol–water partition coefficient (Wildman–Crippen LogP) is 3.64. The lowest BCUT2D eigenvalue weighted by molar-refractivity contribution is -0.125. The fourth-order valence-electron chi connectivity index (χ4n) is 4.17. The lowest BCUT2D eigenvalue weighted by atomic mass is 9.87. The first kappa shape index (κ1) is 22.7. The Labute approximate surface area is 184 Å². The number of benzene rings is 2. The molecule has 31 heavy (non-hydrogen) atoms. The van der Waals surface area contributed by atoms with Crippen LogP contribution in [0.3, 0.4) is 0 Å². The molecule has 1 heterocycles. The summed E-state index contributed by atoms with van der Waals surface area (Å²) >= 11 is 0. The molecule has 3 rings (SSSR count). The van der Waals surface area contributed by atoms with Gasteiger partial charge in [-0.1, -0.05) is 44.2 Å². The monoisotopic (exact) mass is 424 g/mol. The highest BCUT2D eigenvalue weighted by Crippen LogP contribution is 2.42. The molecule has 2 aromatic carbocycles. The van der Waals surface area contributed by atoms with Gasteiger partial charge in [0.2, 0.25) is 5.91 Å². The van der Waals surface area contributed by atoms with E-state index in [0.717, 1.165) is 11.1 Å². The summed E-state index contributed by atoms with van der Waals surface area (Å²) in [7, 11) is 3.19. The van der Waals surface area contributed by atoms with Gasteiger partial charge in [-0.2, -0.15) is 0 Å². The average molecular weight is 425 g/mol. The average Bonchev–Trinajstić information content (AvgIpc) is 3.22. The Balaban J connectivity index is 1.96. The number of ether oxygens (including phenoxy) is 2. The molecule has 0 unspecified atom stereocenters. The first-order chi connectivity index (χ1) is 14.9. The molecular weight excluding hydrogens is 392 g/mol. The van der Waals surface area contributed by atoms with Crippen LogP contribution in [0.5, 0.6) is 11.5 Å². The topological polar surface area (TPSA) is 67.9 Å². The van der Waals surface area contributed by atoms with Crippen molar-refractivity contribution in [2.45, 2.75) is 26.7 Å². The van der Waals surface area contributed by atoms with E-state index in [1.165, 1.54) is 0 Å². The first-order valence-corrected chi connectivity index (χ1v) is 10.7. The maximum absolute atomic E-state index is 13.3. The van der Waals surface area contributed by atoms with E-state index in [9.17, 15) is 9.59 Å².